The number of hydrogen-bond acceptors (Lipinski definition) is 2. The van der Waals surface area contributed by atoms with Gasteiger partial charge in [-0.3, -0.25) is 0 Å². The second kappa shape index (κ2) is 2.88. The smallest absolute Gasteiger partial charge is 0.108 e. The summed E-state index contributed by atoms with van der Waals surface area (Å²) in [5.41, 5.74) is 12.7. The minimum absolute atomic E-state index is 0.236. The molecule has 0 saturated carbocycles. The van der Waals surface area contributed by atoms with Crippen LogP contribution in [0.4, 0.5) is 5.82 Å². The van der Waals surface area contributed by atoms with E-state index in [-0.39, 0.29) is 5.16 Å². The van der Waals surface area contributed by atoms with Gasteiger partial charge in [-0.1, -0.05) is 11.6 Å². The molecule has 1 aromatic heterocycles. The van der Waals surface area contributed by atoms with Crippen LogP contribution in [-0.4, -0.2) is 4.98 Å². The molecule has 0 aliphatic carbocycles. The van der Waals surface area contributed by atoms with Gasteiger partial charge in [-0.05, 0) is 18.6 Å². The number of aromatic amines is 1. The van der Waals surface area contributed by atoms with E-state index in [1.165, 1.54) is 0 Å². The molecule has 11 heavy (non-hydrogen) atoms. The maximum atomic E-state index is 5.58. The van der Waals surface area contributed by atoms with E-state index in [2.05, 4.69) is 4.98 Å². The summed E-state index contributed by atoms with van der Waals surface area (Å²) >= 11 is 5.48. The number of nitrogens with one attached hydrogen (secondary N) is 1. The van der Waals surface area contributed by atoms with Crippen LogP contribution in [0, 0.1) is 6.92 Å². The molecule has 4 heteroatoms. The molecule has 0 aromatic carbocycles. The largest absolute Gasteiger partial charge is 0.389 e. The van der Waals surface area contributed by atoms with Gasteiger partial charge in [0, 0.05) is 11.8 Å². The van der Waals surface area contributed by atoms with Crippen molar-refractivity contribution in [1.82, 2.24) is 4.98 Å². The van der Waals surface area contributed by atoms with Gasteiger partial charge in [-0.15, -0.1) is 0 Å². The molecular weight excluding hydrogens is 162 g/mol. The summed E-state index contributed by atoms with van der Waals surface area (Å²) in [5, 5.41) is 0.236. The fourth-order valence-electron chi connectivity index (χ4n) is 0.883. The first-order valence-corrected chi connectivity index (χ1v) is 3.55. The quantitative estimate of drug-likeness (QED) is 0.560. The highest BCUT2D eigenvalue weighted by atomic mass is 35.5. The highest BCUT2D eigenvalue weighted by Crippen LogP contribution is 2.18. The van der Waals surface area contributed by atoms with Crippen molar-refractivity contribution in [2.24, 2.45) is 5.73 Å². The maximum absolute atomic E-state index is 5.58. The molecule has 0 fully saturated rings. The van der Waals surface area contributed by atoms with Crippen LogP contribution in [0.2, 0.25) is 0 Å². The van der Waals surface area contributed by atoms with Gasteiger partial charge in [0.25, 0.3) is 0 Å². The van der Waals surface area contributed by atoms with Crippen LogP contribution >= 0.6 is 11.6 Å². The van der Waals surface area contributed by atoms with Crippen molar-refractivity contribution >= 4 is 23.5 Å². The van der Waals surface area contributed by atoms with Gasteiger partial charge in [0.1, 0.15) is 5.82 Å². The van der Waals surface area contributed by atoms with Crippen molar-refractivity contribution in [2.45, 2.75) is 6.92 Å². The number of rotatable bonds is 1. The standard InChI is InChI=1S/C7H10ClN3/c1-4-3-11-7(10)5(4)2-6(8)9/h2-3,11H,9-10H2,1H3/b6-2-. The van der Waals surface area contributed by atoms with Crippen molar-refractivity contribution in [3.8, 4) is 0 Å². The van der Waals surface area contributed by atoms with Crippen molar-refractivity contribution in [3.05, 3.63) is 22.5 Å². The third-order valence-electron chi connectivity index (χ3n) is 1.44. The van der Waals surface area contributed by atoms with E-state index in [9.17, 15) is 0 Å². The average molecular weight is 172 g/mol. The summed E-state index contributed by atoms with van der Waals surface area (Å²) < 4.78 is 0. The summed E-state index contributed by atoms with van der Waals surface area (Å²) in [7, 11) is 0. The molecule has 1 rings (SSSR count). The van der Waals surface area contributed by atoms with Gasteiger partial charge in [-0.25, -0.2) is 0 Å². The fraction of sp³-hybridized carbons (Fsp3) is 0.143. The molecule has 1 heterocycles. The van der Waals surface area contributed by atoms with Crippen molar-refractivity contribution < 1.29 is 0 Å². The van der Waals surface area contributed by atoms with Gasteiger partial charge >= 0.3 is 0 Å². The Labute approximate surface area is 70.0 Å². The minimum atomic E-state index is 0.236. The van der Waals surface area contributed by atoms with Gasteiger partial charge in [0.2, 0.25) is 0 Å². The number of anilines is 1. The van der Waals surface area contributed by atoms with Gasteiger partial charge in [0.05, 0.1) is 5.16 Å². The number of aromatic nitrogens is 1. The summed E-state index contributed by atoms with van der Waals surface area (Å²) in [6, 6.07) is 0. The lowest BCUT2D eigenvalue weighted by Crippen LogP contribution is -1.91. The van der Waals surface area contributed by atoms with Crippen molar-refractivity contribution in [3.63, 3.8) is 0 Å². The monoisotopic (exact) mass is 171 g/mol. The zero-order valence-electron chi connectivity index (χ0n) is 6.19. The van der Waals surface area contributed by atoms with Gasteiger partial charge in [-0.2, -0.15) is 0 Å². The Morgan fingerprint density at radius 2 is 2.36 bits per heavy atom. The van der Waals surface area contributed by atoms with Crippen molar-refractivity contribution in [2.75, 3.05) is 5.73 Å². The number of nitrogen functional groups attached to an aromatic ring is 1. The zero-order chi connectivity index (χ0) is 8.43. The molecule has 0 atom stereocenters. The van der Waals surface area contributed by atoms with E-state index in [0.717, 1.165) is 11.1 Å². The Balaban J connectivity index is 3.11. The van der Waals surface area contributed by atoms with Crippen LogP contribution in [0.15, 0.2) is 11.4 Å². The number of nitrogens with two attached hydrogens (primary N) is 2. The van der Waals surface area contributed by atoms with E-state index >= 15 is 0 Å². The van der Waals surface area contributed by atoms with Crippen LogP contribution in [0.3, 0.4) is 0 Å². The Morgan fingerprint density at radius 3 is 2.73 bits per heavy atom. The molecule has 3 nitrogen and oxygen atoms in total. The molecule has 0 saturated heterocycles. The minimum Gasteiger partial charge on any atom is -0.389 e. The predicted octanol–water partition coefficient (Wildman–Crippen LogP) is 1.40. The number of halogens is 1. The molecule has 60 valence electrons. The number of aryl methyl sites for hydroxylation is 1. The number of H-pyrrole nitrogens is 1. The highest BCUT2D eigenvalue weighted by molar-refractivity contribution is 6.31. The Morgan fingerprint density at radius 1 is 1.73 bits per heavy atom. The summed E-state index contributed by atoms with van der Waals surface area (Å²) in [4.78, 5) is 2.86. The van der Waals surface area contributed by atoms with Crippen LogP contribution in [-0.2, 0) is 0 Å². The van der Waals surface area contributed by atoms with E-state index in [1.54, 1.807) is 12.3 Å². The first kappa shape index (κ1) is 8.01. The first-order valence-electron chi connectivity index (χ1n) is 3.17. The Bertz CT molecular complexity index is 264. The van der Waals surface area contributed by atoms with Crippen LogP contribution < -0.4 is 11.5 Å². The average Bonchev–Trinajstić information content (AvgIpc) is 2.18. The van der Waals surface area contributed by atoms with Crippen molar-refractivity contribution in [1.29, 1.82) is 0 Å². The SMILES string of the molecule is Cc1c[nH]c(N)c1/C=C(\N)Cl. The third-order valence-corrected chi connectivity index (χ3v) is 1.55. The lowest BCUT2D eigenvalue weighted by Gasteiger charge is -1.93. The van der Waals surface area contributed by atoms with E-state index < -0.39 is 0 Å². The molecular formula is C7H10ClN3. The molecule has 0 amide bonds. The van der Waals surface area contributed by atoms with E-state index in [0.29, 0.717) is 5.82 Å². The van der Waals surface area contributed by atoms with Crippen LogP contribution in [0.25, 0.3) is 6.08 Å². The highest BCUT2D eigenvalue weighted by Gasteiger charge is 2.01. The molecule has 0 bridgehead atoms. The van der Waals surface area contributed by atoms with E-state index in [4.69, 9.17) is 23.1 Å². The summed E-state index contributed by atoms with van der Waals surface area (Å²) in [6.45, 7) is 1.93. The molecule has 0 aliphatic heterocycles. The van der Waals surface area contributed by atoms with Gasteiger partial charge < -0.3 is 16.5 Å². The maximum Gasteiger partial charge on any atom is 0.108 e. The molecule has 0 unspecified atom stereocenters. The zero-order valence-corrected chi connectivity index (χ0v) is 6.94. The Hall–Kier alpha value is -1.09. The molecule has 5 N–H and O–H groups in total. The number of hydrogen-bond donors (Lipinski definition) is 3. The third kappa shape index (κ3) is 1.68. The lowest BCUT2D eigenvalue weighted by atomic mass is 10.2. The molecule has 0 aliphatic rings. The first-order chi connectivity index (χ1) is 5.11. The molecule has 0 spiro atoms. The predicted molar refractivity (Wildman–Crippen MR) is 48.0 cm³/mol. The van der Waals surface area contributed by atoms with Crippen LogP contribution in [0.5, 0.6) is 0 Å². The molecule has 1 aromatic rings. The Kier molecular flexibility index (Phi) is 2.10. The normalized spacial score (nSPS) is 12.0. The molecule has 0 radical (unpaired) electrons. The summed E-state index contributed by atoms with van der Waals surface area (Å²) in [6.07, 6.45) is 3.43. The lowest BCUT2D eigenvalue weighted by molar-refractivity contribution is 1.39. The second-order valence-electron chi connectivity index (χ2n) is 2.33. The van der Waals surface area contributed by atoms with Crippen LogP contribution in [0.1, 0.15) is 11.1 Å². The van der Waals surface area contributed by atoms with Gasteiger partial charge in [0.15, 0.2) is 0 Å². The second-order valence-corrected chi connectivity index (χ2v) is 2.76. The van der Waals surface area contributed by atoms with E-state index in [1.807, 2.05) is 6.92 Å². The topological polar surface area (TPSA) is 67.8 Å². The summed E-state index contributed by atoms with van der Waals surface area (Å²) in [5.74, 6) is 0.589. The fourth-order valence-corrected chi connectivity index (χ4v) is 0.993.